The van der Waals surface area contributed by atoms with E-state index in [0.29, 0.717) is 34.7 Å². The number of halogens is 2. The maximum absolute atomic E-state index is 13.8. The van der Waals surface area contributed by atoms with Crippen LogP contribution in [0, 0.1) is 9.39 Å². The lowest BCUT2D eigenvalue weighted by atomic mass is 9.94. The summed E-state index contributed by atoms with van der Waals surface area (Å²) < 4.78 is 25.7. The molecule has 3 aliphatic rings. The van der Waals surface area contributed by atoms with E-state index in [1.54, 1.807) is 0 Å². The molecule has 0 spiro atoms. The van der Waals surface area contributed by atoms with Gasteiger partial charge in [-0.15, -0.1) is 0 Å². The molecular formula is C32H37FIN3O4S. The smallest absolute Gasteiger partial charge is 0.266 e. The molecule has 2 aromatic rings. The van der Waals surface area contributed by atoms with Gasteiger partial charge in [-0.05, 0) is 115 Å². The van der Waals surface area contributed by atoms with E-state index in [4.69, 9.17) is 14.5 Å². The molecule has 1 heterocycles. The monoisotopic (exact) mass is 705 g/mol. The van der Waals surface area contributed by atoms with Crippen molar-refractivity contribution in [2.24, 2.45) is 4.99 Å². The summed E-state index contributed by atoms with van der Waals surface area (Å²) in [5.41, 5.74) is 1.31. The van der Waals surface area contributed by atoms with E-state index < -0.39 is 0 Å². The zero-order valence-electron chi connectivity index (χ0n) is 23.9. The van der Waals surface area contributed by atoms with Gasteiger partial charge in [-0.1, -0.05) is 38.5 Å². The third kappa shape index (κ3) is 7.86. The summed E-state index contributed by atoms with van der Waals surface area (Å²) in [7, 11) is 0. The third-order valence-corrected chi connectivity index (χ3v) is 9.55. The number of amides is 2. The van der Waals surface area contributed by atoms with Crippen LogP contribution in [0.15, 0.2) is 46.3 Å². The van der Waals surface area contributed by atoms with Gasteiger partial charge in [0, 0.05) is 11.7 Å². The lowest BCUT2D eigenvalue weighted by Gasteiger charge is -2.31. The topological polar surface area (TPSA) is 80.2 Å². The standard InChI is InChI=1S/C32H37FIN3O4S/c1-2-40-27-18-21(17-26(34)30(27)41-20-29(38)35-24-15-13-22(33)14-16-24)19-28-31(39)37(25-11-7-4-8-12-25)32(42-28)36-23-9-5-3-6-10-23/h13-19,23,25H,2-12,20H2,1H3,(H,35,38). The predicted molar refractivity (Wildman–Crippen MR) is 174 cm³/mol. The van der Waals surface area contributed by atoms with Gasteiger partial charge in [0.15, 0.2) is 23.3 Å². The summed E-state index contributed by atoms with van der Waals surface area (Å²) in [5.74, 6) is 0.255. The second kappa shape index (κ2) is 14.7. The van der Waals surface area contributed by atoms with Crippen LogP contribution >= 0.6 is 34.4 Å². The quantitative estimate of drug-likeness (QED) is 0.213. The fourth-order valence-electron chi connectivity index (χ4n) is 5.70. The van der Waals surface area contributed by atoms with Crippen LogP contribution in [0.25, 0.3) is 6.08 Å². The minimum absolute atomic E-state index is 0.0345. The van der Waals surface area contributed by atoms with Crippen LogP contribution < -0.4 is 14.8 Å². The molecule has 7 nitrogen and oxygen atoms in total. The second-order valence-corrected chi connectivity index (χ2v) is 13.1. The van der Waals surface area contributed by atoms with Gasteiger partial charge in [0.25, 0.3) is 11.8 Å². The number of ether oxygens (including phenoxy) is 2. The molecule has 5 rings (SSSR count). The zero-order valence-corrected chi connectivity index (χ0v) is 26.8. The summed E-state index contributed by atoms with van der Waals surface area (Å²) in [6.45, 7) is 2.06. The van der Waals surface area contributed by atoms with Gasteiger partial charge in [0.2, 0.25) is 0 Å². The third-order valence-electron chi connectivity index (χ3n) is 7.75. The maximum atomic E-state index is 13.8. The molecule has 0 bridgehead atoms. The molecule has 1 N–H and O–H groups in total. The lowest BCUT2D eigenvalue weighted by molar-refractivity contribution is -0.124. The SMILES string of the molecule is CCOc1cc(C=C2SC(=NC3CCCCC3)N(C3CCCCC3)C2=O)cc(I)c1OCC(=O)Nc1ccc(F)cc1. The summed E-state index contributed by atoms with van der Waals surface area (Å²) in [5, 5.41) is 3.56. The summed E-state index contributed by atoms with van der Waals surface area (Å²) in [6.07, 6.45) is 13.3. The number of aliphatic imine (C=N–C) groups is 1. The van der Waals surface area contributed by atoms with Gasteiger partial charge in [-0.3, -0.25) is 19.5 Å². The van der Waals surface area contributed by atoms with E-state index in [1.807, 2.05) is 30.0 Å². The Morgan fingerprint density at radius 3 is 2.45 bits per heavy atom. The Bertz CT molecular complexity index is 1340. The van der Waals surface area contributed by atoms with Gasteiger partial charge >= 0.3 is 0 Å². The number of carbonyl (C=O) groups excluding carboxylic acids is 2. The van der Waals surface area contributed by atoms with Crippen molar-refractivity contribution < 1.29 is 23.5 Å². The number of hydrogen-bond acceptors (Lipinski definition) is 6. The molecule has 2 aromatic carbocycles. The molecule has 224 valence electrons. The highest BCUT2D eigenvalue weighted by molar-refractivity contribution is 14.1. The number of anilines is 1. The normalized spacial score (nSPS) is 20.4. The number of carbonyl (C=O) groups is 2. The van der Waals surface area contributed by atoms with Crippen molar-refractivity contribution in [3.8, 4) is 11.5 Å². The molecule has 2 amide bonds. The number of benzene rings is 2. The number of nitrogens with zero attached hydrogens (tertiary/aromatic N) is 2. The van der Waals surface area contributed by atoms with Crippen LogP contribution in [0.5, 0.6) is 11.5 Å². The van der Waals surface area contributed by atoms with Gasteiger partial charge in [0.1, 0.15) is 5.82 Å². The Balaban J connectivity index is 1.35. The van der Waals surface area contributed by atoms with Crippen LogP contribution in [0.4, 0.5) is 10.1 Å². The Hall–Kier alpha value is -2.60. The number of hydrogen-bond donors (Lipinski definition) is 1. The number of amidine groups is 1. The summed E-state index contributed by atoms with van der Waals surface area (Å²) in [4.78, 5) is 34.1. The molecule has 10 heteroatoms. The fourth-order valence-corrected chi connectivity index (χ4v) is 7.59. The molecule has 0 atom stereocenters. The largest absolute Gasteiger partial charge is 0.490 e. The maximum Gasteiger partial charge on any atom is 0.266 e. The Morgan fingerprint density at radius 2 is 1.76 bits per heavy atom. The van der Waals surface area contributed by atoms with Crippen molar-refractivity contribution in [3.63, 3.8) is 0 Å². The Labute approximate surface area is 264 Å². The summed E-state index contributed by atoms with van der Waals surface area (Å²) in [6, 6.07) is 9.84. The van der Waals surface area contributed by atoms with Crippen molar-refractivity contribution in [1.82, 2.24) is 4.90 Å². The van der Waals surface area contributed by atoms with Crippen LogP contribution in [0.1, 0.15) is 76.7 Å². The minimum atomic E-state index is -0.373. The van der Waals surface area contributed by atoms with Gasteiger partial charge in [-0.2, -0.15) is 0 Å². The van der Waals surface area contributed by atoms with E-state index >= 15 is 0 Å². The first kappa shape index (κ1) is 30.8. The summed E-state index contributed by atoms with van der Waals surface area (Å²) >= 11 is 3.65. The van der Waals surface area contributed by atoms with E-state index in [2.05, 4.69) is 27.9 Å². The van der Waals surface area contributed by atoms with Crippen LogP contribution in [0.2, 0.25) is 0 Å². The van der Waals surface area contributed by atoms with Crippen LogP contribution in [-0.4, -0.2) is 47.2 Å². The first-order valence-corrected chi connectivity index (χ1v) is 16.8. The number of nitrogens with one attached hydrogen (secondary N) is 1. The molecule has 0 unspecified atom stereocenters. The second-order valence-electron chi connectivity index (χ2n) is 10.9. The minimum Gasteiger partial charge on any atom is -0.490 e. The molecule has 2 aliphatic carbocycles. The first-order chi connectivity index (χ1) is 20.4. The molecule has 1 aliphatic heterocycles. The van der Waals surface area contributed by atoms with Crippen molar-refractivity contribution in [2.45, 2.75) is 83.2 Å². The lowest BCUT2D eigenvalue weighted by Crippen LogP contribution is -2.41. The Morgan fingerprint density at radius 1 is 1.07 bits per heavy atom. The number of rotatable bonds is 9. The molecule has 2 saturated carbocycles. The predicted octanol–water partition coefficient (Wildman–Crippen LogP) is 7.78. The average Bonchev–Trinajstić information content (AvgIpc) is 3.28. The van der Waals surface area contributed by atoms with Crippen LogP contribution in [-0.2, 0) is 9.59 Å². The average molecular weight is 706 g/mol. The molecule has 3 fully saturated rings. The molecule has 0 radical (unpaired) electrons. The van der Waals surface area contributed by atoms with E-state index in [-0.39, 0.29) is 30.3 Å². The van der Waals surface area contributed by atoms with E-state index in [9.17, 15) is 14.0 Å². The highest BCUT2D eigenvalue weighted by Gasteiger charge is 2.39. The number of thioether (sulfide) groups is 1. The van der Waals surface area contributed by atoms with Crippen LogP contribution in [0.3, 0.4) is 0 Å². The van der Waals surface area contributed by atoms with Crippen molar-refractivity contribution >= 4 is 63.1 Å². The molecule has 1 saturated heterocycles. The van der Waals surface area contributed by atoms with Crippen molar-refractivity contribution in [2.75, 3.05) is 18.5 Å². The molecular weight excluding hydrogens is 668 g/mol. The van der Waals surface area contributed by atoms with Gasteiger partial charge < -0.3 is 14.8 Å². The highest BCUT2D eigenvalue weighted by Crippen LogP contribution is 2.40. The van der Waals surface area contributed by atoms with Crippen molar-refractivity contribution in [1.29, 1.82) is 0 Å². The molecule has 0 aromatic heterocycles. The van der Waals surface area contributed by atoms with E-state index in [0.717, 1.165) is 52.8 Å². The van der Waals surface area contributed by atoms with E-state index in [1.165, 1.54) is 61.7 Å². The van der Waals surface area contributed by atoms with Crippen molar-refractivity contribution in [3.05, 3.63) is 56.3 Å². The van der Waals surface area contributed by atoms with Gasteiger partial charge in [-0.25, -0.2) is 4.39 Å². The first-order valence-electron chi connectivity index (χ1n) is 14.9. The fraction of sp³-hybridized carbons (Fsp3) is 0.469. The Kier molecular flexibility index (Phi) is 10.8. The molecule has 42 heavy (non-hydrogen) atoms. The zero-order chi connectivity index (χ0) is 29.5. The highest BCUT2D eigenvalue weighted by atomic mass is 127. The van der Waals surface area contributed by atoms with Gasteiger partial charge in [0.05, 0.1) is 21.1 Å².